The summed E-state index contributed by atoms with van der Waals surface area (Å²) >= 11 is 3.52. The minimum Gasteiger partial charge on any atom is -0.491 e. The molecule has 0 fully saturated rings. The first kappa shape index (κ1) is 17.6. The van der Waals surface area contributed by atoms with Crippen LogP contribution in [0.15, 0.2) is 71.2 Å². The van der Waals surface area contributed by atoms with Crippen molar-refractivity contribution in [3.05, 3.63) is 76.8 Å². The van der Waals surface area contributed by atoms with Gasteiger partial charge in [0.15, 0.2) is 0 Å². The number of para-hydroxylation sites is 1. The van der Waals surface area contributed by atoms with E-state index < -0.39 is 6.10 Å². The molecule has 134 valence electrons. The predicted molar refractivity (Wildman–Crippen MR) is 110 cm³/mol. The van der Waals surface area contributed by atoms with Crippen LogP contribution in [0.4, 0.5) is 0 Å². The van der Waals surface area contributed by atoms with Gasteiger partial charge in [-0.2, -0.15) is 5.26 Å². The van der Waals surface area contributed by atoms with Crippen molar-refractivity contribution in [1.29, 1.82) is 5.26 Å². The zero-order valence-electron chi connectivity index (χ0n) is 14.5. The van der Waals surface area contributed by atoms with Crippen LogP contribution in [0.2, 0.25) is 0 Å². The molecule has 4 aromatic rings. The highest BCUT2D eigenvalue weighted by molar-refractivity contribution is 9.10. The van der Waals surface area contributed by atoms with Gasteiger partial charge in [-0.25, -0.2) is 0 Å². The lowest BCUT2D eigenvalue weighted by molar-refractivity contribution is 0.0945. The van der Waals surface area contributed by atoms with Crippen molar-refractivity contribution < 1.29 is 9.84 Å². The number of rotatable bonds is 5. The molecule has 0 amide bonds. The topological polar surface area (TPSA) is 58.2 Å². The van der Waals surface area contributed by atoms with Crippen molar-refractivity contribution >= 4 is 37.7 Å². The van der Waals surface area contributed by atoms with Gasteiger partial charge >= 0.3 is 0 Å². The van der Waals surface area contributed by atoms with Gasteiger partial charge in [0.2, 0.25) is 0 Å². The number of aliphatic hydroxyl groups excluding tert-OH is 1. The smallest absolute Gasteiger partial charge is 0.119 e. The molecule has 5 heteroatoms. The molecule has 0 spiro atoms. The minimum absolute atomic E-state index is 0.206. The van der Waals surface area contributed by atoms with Crippen LogP contribution < -0.4 is 4.74 Å². The summed E-state index contributed by atoms with van der Waals surface area (Å²) in [5, 5.41) is 21.8. The zero-order chi connectivity index (χ0) is 18.8. The van der Waals surface area contributed by atoms with Crippen molar-refractivity contribution in [2.45, 2.75) is 12.6 Å². The van der Waals surface area contributed by atoms with Gasteiger partial charge in [0.05, 0.1) is 18.2 Å². The molecule has 0 saturated heterocycles. The lowest BCUT2D eigenvalue weighted by Crippen LogP contribution is -2.23. The zero-order valence-corrected chi connectivity index (χ0v) is 16.1. The Kier molecular flexibility index (Phi) is 4.85. The molecule has 3 aromatic carbocycles. The number of hydrogen-bond donors (Lipinski definition) is 1. The second-order valence-electron chi connectivity index (χ2n) is 6.39. The molecule has 4 nitrogen and oxygen atoms in total. The maximum Gasteiger partial charge on any atom is 0.119 e. The van der Waals surface area contributed by atoms with Gasteiger partial charge in [-0.15, -0.1) is 0 Å². The van der Waals surface area contributed by atoms with E-state index in [2.05, 4.69) is 26.6 Å². The second kappa shape index (κ2) is 7.43. The number of nitrogens with zero attached hydrogens (tertiary/aromatic N) is 2. The average molecular weight is 421 g/mol. The normalized spacial score (nSPS) is 12.2. The Labute approximate surface area is 165 Å². The Hall–Kier alpha value is -2.81. The molecule has 0 saturated carbocycles. The van der Waals surface area contributed by atoms with Crippen LogP contribution in [0.3, 0.4) is 0 Å². The molecular weight excluding hydrogens is 404 g/mol. The third-order valence-corrected chi connectivity index (χ3v) is 5.03. The van der Waals surface area contributed by atoms with Gasteiger partial charge in [0.1, 0.15) is 18.5 Å². The molecule has 1 N–H and O–H groups in total. The van der Waals surface area contributed by atoms with E-state index in [1.165, 1.54) is 0 Å². The van der Waals surface area contributed by atoms with Crippen LogP contribution in [0, 0.1) is 11.3 Å². The number of hydrogen-bond acceptors (Lipinski definition) is 3. The first-order chi connectivity index (χ1) is 13.2. The first-order valence-electron chi connectivity index (χ1n) is 8.63. The maximum absolute atomic E-state index is 10.5. The third-order valence-electron chi connectivity index (χ3n) is 4.53. The fraction of sp³-hybridized carbons (Fsp3) is 0.136. The van der Waals surface area contributed by atoms with E-state index in [0.29, 0.717) is 12.1 Å². The van der Waals surface area contributed by atoms with Crippen molar-refractivity contribution in [2.75, 3.05) is 6.61 Å². The summed E-state index contributed by atoms with van der Waals surface area (Å²) < 4.78 is 8.74. The highest BCUT2D eigenvalue weighted by Gasteiger charge is 2.15. The van der Waals surface area contributed by atoms with Crippen molar-refractivity contribution in [2.24, 2.45) is 0 Å². The average Bonchev–Trinajstić information content (AvgIpc) is 2.99. The van der Waals surface area contributed by atoms with Gasteiger partial charge in [-0.1, -0.05) is 34.1 Å². The fourth-order valence-corrected chi connectivity index (χ4v) is 3.68. The quantitative estimate of drug-likeness (QED) is 0.500. The molecule has 1 aromatic heterocycles. The summed E-state index contributed by atoms with van der Waals surface area (Å²) in [6.07, 6.45) is -0.664. The number of aromatic nitrogens is 1. The lowest BCUT2D eigenvalue weighted by Gasteiger charge is -2.15. The largest absolute Gasteiger partial charge is 0.491 e. The van der Waals surface area contributed by atoms with Crippen LogP contribution >= 0.6 is 15.9 Å². The molecule has 4 rings (SSSR count). The highest BCUT2D eigenvalue weighted by Crippen LogP contribution is 2.32. The van der Waals surface area contributed by atoms with Gasteiger partial charge < -0.3 is 14.4 Å². The van der Waals surface area contributed by atoms with E-state index in [1.54, 1.807) is 6.07 Å². The number of fused-ring (bicyclic) bond motifs is 3. The van der Waals surface area contributed by atoms with E-state index in [1.807, 2.05) is 60.7 Å². The first-order valence-corrected chi connectivity index (χ1v) is 9.42. The van der Waals surface area contributed by atoms with Crippen LogP contribution in [0.1, 0.15) is 5.56 Å². The molecule has 0 radical (unpaired) electrons. The van der Waals surface area contributed by atoms with Crippen molar-refractivity contribution in [1.82, 2.24) is 4.57 Å². The Morgan fingerprint density at radius 1 is 1.00 bits per heavy atom. The van der Waals surface area contributed by atoms with Gasteiger partial charge in [-0.05, 0) is 48.5 Å². The number of nitriles is 1. The summed E-state index contributed by atoms with van der Waals surface area (Å²) in [6.45, 7) is 0.609. The number of aliphatic hydroxyl groups is 1. The van der Waals surface area contributed by atoms with E-state index in [0.717, 1.165) is 32.0 Å². The van der Waals surface area contributed by atoms with Crippen LogP contribution in [0.5, 0.6) is 5.75 Å². The van der Waals surface area contributed by atoms with E-state index in [9.17, 15) is 10.4 Å². The molecular formula is C22H17BrN2O2. The lowest BCUT2D eigenvalue weighted by atomic mass is 10.1. The van der Waals surface area contributed by atoms with Crippen LogP contribution in [0.25, 0.3) is 21.8 Å². The molecule has 27 heavy (non-hydrogen) atoms. The molecule has 0 aliphatic heterocycles. The number of ether oxygens (including phenoxy) is 1. The molecule has 1 heterocycles. The summed E-state index contributed by atoms with van der Waals surface area (Å²) in [5.41, 5.74) is 2.62. The van der Waals surface area contributed by atoms with Crippen LogP contribution in [-0.2, 0) is 6.54 Å². The molecule has 0 aliphatic rings. The highest BCUT2D eigenvalue weighted by atomic mass is 79.9. The Bertz CT molecular complexity index is 1150. The van der Waals surface area contributed by atoms with Gasteiger partial charge in [-0.3, -0.25) is 0 Å². The second-order valence-corrected chi connectivity index (χ2v) is 7.31. The third kappa shape index (κ3) is 3.55. The number of halogens is 1. The van der Waals surface area contributed by atoms with E-state index in [4.69, 9.17) is 4.74 Å². The van der Waals surface area contributed by atoms with Crippen LogP contribution in [-0.4, -0.2) is 22.4 Å². The van der Waals surface area contributed by atoms with E-state index >= 15 is 0 Å². The molecule has 0 aliphatic carbocycles. The summed E-state index contributed by atoms with van der Waals surface area (Å²) in [5.74, 6) is 0.737. The maximum atomic E-state index is 10.5. The van der Waals surface area contributed by atoms with E-state index in [-0.39, 0.29) is 6.61 Å². The molecule has 1 unspecified atom stereocenters. The van der Waals surface area contributed by atoms with Crippen molar-refractivity contribution in [3.8, 4) is 11.8 Å². The Morgan fingerprint density at radius 2 is 1.70 bits per heavy atom. The minimum atomic E-state index is -0.664. The fourth-order valence-electron chi connectivity index (χ4n) is 3.32. The van der Waals surface area contributed by atoms with Gasteiger partial charge in [0, 0.05) is 26.3 Å². The predicted octanol–water partition coefficient (Wildman–Crippen LogP) is 4.87. The number of benzene rings is 3. The summed E-state index contributed by atoms with van der Waals surface area (Å²) in [6, 6.07) is 23.4. The Balaban J connectivity index is 1.68. The summed E-state index contributed by atoms with van der Waals surface area (Å²) in [4.78, 5) is 0. The molecule has 0 bridgehead atoms. The standard InChI is InChI=1S/C22H17BrN2O2/c23-16-7-9-22-20(11-16)19-10-15(12-24)6-8-21(19)25(22)13-17(26)14-27-18-4-2-1-3-5-18/h1-11,17,26H,13-14H2. The molecule has 1 atom stereocenters. The summed E-state index contributed by atoms with van der Waals surface area (Å²) in [7, 11) is 0. The SMILES string of the molecule is N#Cc1ccc2c(c1)c1cc(Br)ccc1n2CC(O)COc1ccccc1. The monoisotopic (exact) mass is 420 g/mol. The van der Waals surface area contributed by atoms with Crippen molar-refractivity contribution in [3.63, 3.8) is 0 Å². The van der Waals surface area contributed by atoms with Gasteiger partial charge in [0.25, 0.3) is 0 Å². The Morgan fingerprint density at radius 3 is 2.44 bits per heavy atom.